The highest BCUT2D eigenvalue weighted by Crippen LogP contribution is 2.40. The smallest absolute Gasteiger partial charge is 0.126 e. The van der Waals surface area contributed by atoms with Crippen molar-refractivity contribution in [2.75, 3.05) is 14.2 Å². The second-order valence-corrected chi connectivity index (χ2v) is 5.13. The van der Waals surface area contributed by atoms with Crippen molar-refractivity contribution in [3.8, 4) is 17.2 Å². The van der Waals surface area contributed by atoms with Gasteiger partial charge in [0, 0.05) is 24.1 Å². The molecule has 3 rings (SSSR count). The van der Waals surface area contributed by atoms with Crippen molar-refractivity contribution in [1.82, 2.24) is 0 Å². The summed E-state index contributed by atoms with van der Waals surface area (Å²) in [5.74, 6) is 2.35. The van der Waals surface area contributed by atoms with Gasteiger partial charge < -0.3 is 19.9 Å². The van der Waals surface area contributed by atoms with E-state index in [1.165, 1.54) is 0 Å². The second-order valence-electron chi connectivity index (χ2n) is 5.13. The number of nitrogens with two attached hydrogens (primary N) is 1. The highest BCUT2D eigenvalue weighted by molar-refractivity contribution is 5.43. The molecule has 2 aromatic rings. The summed E-state index contributed by atoms with van der Waals surface area (Å²) in [6, 6.07) is 13.7. The Morgan fingerprint density at radius 1 is 1.05 bits per heavy atom. The van der Waals surface area contributed by atoms with Gasteiger partial charge in [0.1, 0.15) is 23.4 Å². The number of rotatable bonds is 3. The van der Waals surface area contributed by atoms with Crippen LogP contribution in [0, 0.1) is 0 Å². The largest absolute Gasteiger partial charge is 0.497 e. The third-order valence-corrected chi connectivity index (χ3v) is 3.80. The first-order valence-corrected chi connectivity index (χ1v) is 6.95. The third kappa shape index (κ3) is 2.67. The van der Waals surface area contributed by atoms with Gasteiger partial charge in [-0.25, -0.2) is 0 Å². The Bertz CT molecular complexity index is 619. The molecule has 0 saturated heterocycles. The minimum Gasteiger partial charge on any atom is -0.497 e. The molecule has 2 atom stereocenters. The van der Waals surface area contributed by atoms with Gasteiger partial charge in [-0.05, 0) is 23.8 Å². The SMILES string of the molecule is COc1cc(OC)cc(C2CC(N)c3ccccc3O2)c1. The molecule has 1 aliphatic heterocycles. The number of hydrogen-bond donors (Lipinski definition) is 1. The maximum absolute atomic E-state index is 6.27. The lowest BCUT2D eigenvalue weighted by molar-refractivity contribution is 0.161. The van der Waals surface area contributed by atoms with Crippen molar-refractivity contribution in [3.63, 3.8) is 0 Å². The topological polar surface area (TPSA) is 53.7 Å². The summed E-state index contributed by atoms with van der Waals surface area (Å²) in [6.07, 6.45) is 0.631. The predicted octanol–water partition coefficient (Wildman–Crippen LogP) is 3.23. The number of hydrogen-bond acceptors (Lipinski definition) is 4. The Kier molecular flexibility index (Phi) is 3.71. The van der Waals surface area contributed by atoms with Crippen LogP contribution in [-0.2, 0) is 0 Å². The van der Waals surface area contributed by atoms with Gasteiger partial charge in [0.25, 0.3) is 0 Å². The molecule has 0 spiro atoms. The molecule has 21 heavy (non-hydrogen) atoms. The van der Waals surface area contributed by atoms with Crippen molar-refractivity contribution < 1.29 is 14.2 Å². The van der Waals surface area contributed by atoms with Crippen LogP contribution < -0.4 is 19.9 Å². The number of ether oxygens (including phenoxy) is 3. The second kappa shape index (κ2) is 5.66. The molecule has 0 fully saturated rings. The van der Waals surface area contributed by atoms with Crippen LogP contribution in [-0.4, -0.2) is 14.2 Å². The molecule has 4 heteroatoms. The highest BCUT2D eigenvalue weighted by Gasteiger charge is 2.27. The molecule has 1 heterocycles. The third-order valence-electron chi connectivity index (χ3n) is 3.80. The van der Waals surface area contributed by atoms with Crippen LogP contribution in [0.25, 0.3) is 0 Å². The van der Waals surface area contributed by atoms with Gasteiger partial charge in [0.15, 0.2) is 0 Å². The summed E-state index contributed by atoms with van der Waals surface area (Å²) in [5, 5.41) is 0. The van der Waals surface area contributed by atoms with Crippen LogP contribution in [0.2, 0.25) is 0 Å². The van der Waals surface area contributed by atoms with Gasteiger partial charge in [0.2, 0.25) is 0 Å². The van der Waals surface area contributed by atoms with Gasteiger partial charge in [-0.3, -0.25) is 0 Å². The summed E-state index contributed by atoms with van der Waals surface area (Å²) >= 11 is 0. The fourth-order valence-electron chi connectivity index (χ4n) is 2.67. The molecule has 0 bridgehead atoms. The number of fused-ring (bicyclic) bond motifs is 1. The van der Waals surface area contributed by atoms with E-state index >= 15 is 0 Å². The molecule has 0 aromatic heterocycles. The first kappa shape index (κ1) is 13.8. The van der Waals surface area contributed by atoms with Crippen molar-refractivity contribution >= 4 is 0 Å². The minimum atomic E-state index is -0.0982. The Morgan fingerprint density at radius 3 is 2.38 bits per heavy atom. The Balaban J connectivity index is 1.95. The van der Waals surface area contributed by atoms with Gasteiger partial charge in [-0.2, -0.15) is 0 Å². The number of methoxy groups -OCH3 is 2. The van der Waals surface area contributed by atoms with E-state index in [4.69, 9.17) is 19.9 Å². The standard InChI is InChI=1S/C17H19NO3/c1-19-12-7-11(8-13(9-12)20-2)17-10-15(18)14-5-3-4-6-16(14)21-17/h3-9,15,17H,10,18H2,1-2H3. The Labute approximate surface area is 124 Å². The van der Waals surface area contributed by atoms with E-state index < -0.39 is 0 Å². The Morgan fingerprint density at radius 2 is 1.71 bits per heavy atom. The molecule has 2 N–H and O–H groups in total. The first-order valence-electron chi connectivity index (χ1n) is 6.95. The van der Waals surface area contributed by atoms with Crippen LogP contribution in [0.3, 0.4) is 0 Å². The fourth-order valence-corrected chi connectivity index (χ4v) is 2.67. The molecule has 0 saturated carbocycles. The molecule has 1 aliphatic rings. The summed E-state index contributed by atoms with van der Waals surface area (Å²) in [4.78, 5) is 0. The van der Waals surface area contributed by atoms with Crippen molar-refractivity contribution in [3.05, 3.63) is 53.6 Å². The van der Waals surface area contributed by atoms with E-state index in [9.17, 15) is 0 Å². The van der Waals surface area contributed by atoms with E-state index in [2.05, 4.69) is 0 Å². The molecule has 2 aromatic carbocycles. The van der Waals surface area contributed by atoms with E-state index in [0.29, 0.717) is 0 Å². The molecule has 0 radical (unpaired) electrons. The molecular weight excluding hydrogens is 266 g/mol. The van der Waals surface area contributed by atoms with Crippen LogP contribution in [0.1, 0.15) is 29.7 Å². The molecular formula is C17H19NO3. The highest BCUT2D eigenvalue weighted by atomic mass is 16.5. The van der Waals surface area contributed by atoms with Gasteiger partial charge in [-0.1, -0.05) is 18.2 Å². The first-order chi connectivity index (χ1) is 10.2. The molecule has 0 amide bonds. The lowest BCUT2D eigenvalue weighted by Gasteiger charge is -2.30. The van der Waals surface area contributed by atoms with Crippen LogP contribution in [0.4, 0.5) is 0 Å². The Hall–Kier alpha value is -2.20. The number of para-hydroxylation sites is 1. The molecule has 4 nitrogen and oxygen atoms in total. The van der Waals surface area contributed by atoms with Gasteiger partial charge in [0.05, 0.1) is 14.2 Å². The van der Waals surface area contributed by atoms with Gasteiger partial charge in [-0.15, -0.1) is 0 Å². The average Bonchev–Trinajstić information content (AvgIpc) is 2.54. The zero-order valence-electron chi connectivity index (χ0n) is 12.2. The van der Waals surface area contributed by atoms with Crippen LogP contribution in [0.15, 0.2) is 42.5 Å². The minimum absolute atomic E-state index is 0.0304. The number of benzene rings is 2. The zero-order chi connectivity index (χ0) is 14.8. The fraction of sp³-hybridized carbons (Fsp3) is 0.294. The monoisotopic (exact) mass is 285 g/mol. The zero-order valence-corrected chi connectivity index (χ0v) is 12.2. The van der Waals surface area contributed by atoms with E-state index in [-0.39, 0.29) is 12.1 Å². The summed E-state index contributed by atoms with van der Waals surface area (Å²) in [7, 11) is 3.28. The van der Waals surface area contributed by atoms with Gasteiger partial charge >= 0.3 is 0 Å². The van der Waals surface area contributed by atoms with Crippen molar-refractivity contribution in [2.24, 2.45) is 5.73 Å². The van der Waals surface area contributed by atoms with Crippen molar-refractivity contribution in [1.29, 1.82) is 0 Å². The van der Waals surface area contributed by atoms with E-state index in [1.807, 2.05) is 42.5 Å². The molecule has 0 aliphatic carbocycles. The van der Waals surface area contributed by atoms with Crippen molar-refractivity contribution in [2.45, 2.75) is 18.6 Å². The average molecular weight is 285 g/mol. The molecule has 110 valence electrons. The summed E-state index contributed by atoms with van der Waals surface area (Å²) in [6.45, 7) is 0. The summed E-state index contributed by atoms with van der Waals surface area (Å²) in [5.41, 5.74) is 8.34. The maximum Gasteiger partial charge on any atom is 0.126 e. The quantitative estimate of drug-likeness (QED) is 0.940. The van der Waals surface area contributed by atoms with Crippen LogP contribution in [0.5, 0.6) is 17.2 Å². The normalized spacial score (nSPS) is 20.3. The van der Waals surface area contributed by atoms with Crippen LogP contribution >= 0.6 is 0 Å². The predicted molar refractivity (Wildman–Crippen MR) is 80.9 cm³/mol. The molecule has 2 unspecified atom stereocenters. The summed E-state index contributed by atoms with van der Waals surface area (Å²) < 4.78 is 16.7. The van der Waals surface area contributed by atoms with E-state index in [0.717, 1.165) is 34.8 Å². The lowest BCUT2D eigenvalue weighted by atomic mass is 9.93. The van der Waals surface area contributed by atoms with E-state index in [1.54, 1.807) is 14.2 Å². The lowest BCUT2D eigenvalue weighted by Crippen LogP contribution is -2.24. The maximum atomic E-state index is 6.27.